The molecule has 1 aromatic carbocycles. The lowest BCUT2D eigenvalue weighted by atomic mass is 10.1. The van der Waals surface area contributed by atoms with Crippen molar-refractivity contribution in [3.63, 3.8) is 0 Å². The van der Waals surface area contributed by atoms with E-state index in [-0.39, 0.29) is 12.2 Å². The smallest absolute Gasteiger partial charge is 0.147 e. The zero-order chi connectivity index (χ0) is 13.1. The van der Waals surface area contributed by atoms with Crippen LogP contribution in [0.4, 0.5) is 0 Å². The average molecular weight is 297 g/mol. The average Bonchev–Trinajstić information content (AvgIpc) is 2.20. The molecule has 3 nitrogen and oxygen atoms in total. The summed E-state index contributed by atoms with van der Waals surface area (Å²) in [5.41, 5.74) is 0.834. The Bertz CT molecular complexity index is 485. The molecule has 96 valence electrons. The Balaban J connectivity index is 2.56. The highest BCUT2D eigenvalue weighted by molar-refractivity contribution is 7.90. The highest BCUT2D eigenvalue weighted by atomic mass is 35.5. The third-order valence-corrected chi connectivity index (χ3v) is 3.99. The highest BCUT2D eigenvalue weighted by Crippen LogP contribution is 2.23. The topological polar surface area (TPSA) is 54.4 Å². The van der Waals surface area contributed by atoms with E-state index in [0.717, 1.165) is 11.8 Å². The molecule has 0 amide bonds. The van der Waals surface area contributed by atoms with Crippen molar-refractivity contribution in [1.29, 1.82) is 0 Å². The summed E-state index contributed by atoms with van der Waals surface area (Å²) in [4.78, 5) is 0. The Morgan fingerprint density at radius 1 is 1.29 bits per heavy atom. The second kappa shape index (κ2) is 6.05. The van der Waals surface area contributed by atoms with Gasteiger partial charge in [0, 0.05) is 6.26 Å². The summed E-state index contributed by atoms with van der Waals surface area (Å²) >= 11 is 11.6. The lowest BCUT2D eigenvalue weighted by molar-refractivity contribution is 0.171. The molecular weight excluding hydrogens is 283 g/mol. The minimum Gasteiger partial charge on any atom is -0.393 e. The second-order valence-corrected chi connectivity index (χ2v) is 7.10. The van der Waals surface area contributed by atoms with Crippen LogP contribution in [0.25, 0.3) is 0 Å². The van der Waals surface area contributed by atoms with E-state index < -0.39 is 15.9 Å². The van der Waals surface area contributed by atoms with Gasteiger partial charge in [0.1, 0.15) is 9.84 Å². The zero-order valence-corrected chi connectivity index (χ0v) is 11.7. The molecule has 0 saturated heterocycles. The summed E-state index contributed by atoms with van der Waals surface area (Å²) in [6.45, 7) is 0. The first-order chi connectivity index (χ1) is 7.78. The van der Waals surface area contributed by atoms with E-state index in [1.54, 1.807) is 18.2 Å². The van der Waals surface area contributed by atoms with Gasteiger partial charge in [0.25, 0.3) is 0 Å². The van der Waals surface area contributed by atoms with E-state index >= 15 is 0 Å². The fourth-order valence-electron chi connectivity index (χ4n) is 1.39. The van der Waals surface area contributed by atoms with Gasteiger partial charge in [-0.2, -0.15) is 0 Å². The number of benzene rings is 1. The van der Waals surface area contributed by atoms with Crippen LogP contribution >= 0.6 is 23.2 Å². The van der Waals surface area contributed by atoms with Crippen LogP contribution in [0.2, 0.25) is 10.0 Å². The van der Waals surface area contributed by atoms with Crippen LogP contribution in [-0.2, 0) is 16.3 Å². The third kappa shape index (κ3) is 5.73. The summed E-state index contributed by atoms with van der Waals surface area (Å²) in [5, 5.41) is 10.6. The van der Waals surface area contributed by atoms with Gasteiger partial charge < -0.3 is 5.11 Å². The molecule has 0 radical (unpaired) electrons. The van der Waals surface area contributed by atoms with E-state index in [1.165, 1.54) is 0 Å². The number of aliphatic hydroxyl groups excluding tert-OH is 1. The monoisotopic (exact) mass is 296 g/mol. The van der Waals surface area contributed by atoms with Crippen LogP contribution in [0, 0.1) is 0 Å². The quantitative estimate of drug-likeness (QED) is 0.907. The van der Waals surface area contributed by atoms with Gasteiger partial charge in [0.15, 0.2) is 0 Å². The number of halogens is 2. The molecule has 1 atom stereocenters. The standard InChI is InChI=1S/C11H14Cl2O3S/c1-17(15,16)5-4-9(14)6-8-2-3-10(12)11(13)7-8/h2-3,7,9,14H,4-6H2,1H3. The molecule has 0 aromatic heterocycles. The Kier molecular flexibility index (Phi) is 5.25. The maximum atomic E-state index is 10.9. The minimum absolute atomic E-state index is 0.0184. The molecule has 1 aromatic rings. The minimum atomic E-state index is -3.03. The number of hydrogen-bond donors (Lipinski definition) is 1. The molecule has 0 aliphatic rings. The largest absolute Gasteiger partial charge is 0.393 e. The predicted octanol–water partition coefficient (Wildman–Crippen LogP) is 2.33. The Hall–Kier alpha value is -0.290. The molecule has 0 aliphatic heterocycles. The van der Waals surface area contributed by atoms with E-state index in [4.69, 9.17) is 23.2 Å². The van der Waals surface area contributed by atoms with Crippen LogP contribution in [0.3, 0.4) is 0 Å². The number of aliphatic hydroxyl groups is 1. The van der Waals surface area contributed by atoms with Crippen LogP contribution in [0.5, 0.6) is 0 Å². The number of hydrogen-bond acceptors (Lipinski definition) is 3. The summed E-state index contributed by atoms with van der Waals surface area (Å²) in [7, 11) is -3.03. The normalized spacial score (nSPS) is 13.6. The molecule has 1 rings (SSSR count). The van der Waals surface area contributed by atoms with Gasteiger partial charge in [-0.3, -0.25) is 0 Å². The second-order valence-electron chi connectivity index (χ2n) is 4.02. The van der Waals surface area contributed by atoms with Crippen molar-refractivity contribution in [3.8, 4) is 0 Å². The third-order valence-electron chi connectivity index (χ3n) is 2.28. The molecule has 0 bridgehead atoms. The van der Waals surface area contributed by atoms with Crippen molar-refractivity contribution in [1.82, 2.24) is 0 Å². The van der Waals surface area contributed by atoms with E-state index in [2.05, 4.69) is 0 Å². The first kappa shape index (κ1) is 14.8. The highest BCUT2D eigenvalue weighted by Gasteiger charge is 2.11. The molecule has 0 saturated carbocycles. The lowest BCUT2D eigenvalue weighted by Crippen LogP contribution is -2.16. The number of sulfone groups is 1. The molecule has 0 spiro atoms. The summed E-state index contributed by atoms with van der Waals surface area (Å²) in [6, 6.07) is 5.09. The van der Waals surface area contributed by atoms with Crippen LogP contribution < -0.4 is 0 Å². The van der Waals surface area contributed by atoms with Crippen molar-refractivity contribution >= 4 is 33.0 Å². The van der Waals surface area contributed by atoms with Crippen molar-refractivity contribution < 1.29 is 13.5 Å². The summed E-state index contributed by atoms with van der Waals surface area (Å²) in [6.07, 6.45) is 1.05. The van der Waals surface area contributed by atoms with Gasteiger partial charge in [0.05, 0.1) is 21.9 Å². The molecule has 0 heterocycles. The molecule has 0 fully saturated rings. The van der Waals surface area contributed by atoms with E-state index in [1.807, 2.05) is 0 Å². The maximum Gasteiger partial charge on any atom is 0.147 e. The first-order valence-electron chi connectivity index (χ1n) is 5.07. The molecule has 0 aliphatic carbocycles. The molecule has 17 heavy (non-hydrogen) atoms. The Morgan fingerprint density at radius 3 is 2.47 bits per heavy atom. The maximum absolute atomic E-state index is 10.9. The summed E-state index contributed by atoms with van der Waals surface area (Å²) in [5.74, 6) is -0.0184. The Labute approximate surface area is 111 Å². The SMILES string of the molecule is CS(=O)(=O)CCC(O)Cc1ccc(Cl)c(Cl)c1. The van der Waals surface area contributed by atoms with Crippen molar-refractivity contribution in [2.75, 3.05) is 12.0 Å². The zero-order valence-electron chi connectivity index (χ0n) is 9.36. The van der Waals surface area contributed by atoms with Gasteiger partial charge in [-0.25, -0.2) is 8.42 Å². The molecule has 1 unspecified atom stereocenters. The predicted molar refractivity (Wildman–Crippen MR) is 70.5 cm³/mol. The fourth-order valence-corrected chi connectivity index (χ4v) is 2.41. The van der Waals surface area contributed by atoms with Gasteiger partial charge in [0.2, 0.25) is 0 Å². The molecule has 6 heteroatoms. The van der Waals surface area contributed by atoms with Gasteiger partial charge in [-0.15, -0.1) is 0 Å². The van der Waals surface area contributed by atoms with E-state index in [9.17, 15) is 13.5 Å². The van der Waals surface area contributed by atoms with Crippen molar-refractivity contribution in [3.05, 3.63) is 33.8 Å². The van der Waals surface area contributed by atoms with Crippen LogP contribution in [-0.4, -0.2) is 31.6 Å². The Morgan fingerprint density at radius 2 is 1.94 bits per heavy atom. The van der Waals surface area contributed by atoms with Crippen molar-refractivity contribution in [2.45, 2.75) is 18.9 Å². The first-order valence-corrected chi connectivity index (χ1v) is 7.89. The summed E-state index contributed by atoms with van der Waals surface area (Å²) < 4.78 is 21.9. The van der Waals surface area contributed by atoms with Crippen LogP contribution in [0.15, 0.2) is 18.2 Å². The molecular formula is C11H14Cl2O3S. The van der Waals surface area contributed by atoms with Gasteiger partial charge >= 0.3 is 0 Å². The molecule has 1 N–H and O–H groups in total. The van der Waals surface area contributed by atoms with Crippen molar-refractivity contribution in [2.24, 2.45) is 0 Å². The fraction of sp³-hybridized carbons (Fsp3) is 0.455. The lowest BCUT2D eigenvalue weighted by Gasteiger charge is -2.10. The van der Waals surface area contributed by atoms with Gasteiger partial charge in [-0.05, 0) is 30.5 Å². The van der Waals surface area contributed by atoms with Gasteiger partial charge in [-0.1, -0.05) is 29.3 Å². The number of rotatable bonds is 5. The van der Waals surface area contributed by atoms with E-state index in [0.29, 0.717) is 16.5 Å². The van der Waals surface area contributed by atoms with Crippen LogP contribution in [0.1, 0.15) is 12.0 Å².